The molecule has 0 aromatic rings. The van der Waals surface area contributed by atoms with Gasteiger partial charge in [0.25, 0.3) is 0 Å². The lowest BCUT2D eigenvalue weighted by molar-refractivity contribution is -0.152. The molecule has 25 heavy (non-hydrogen) atoms. The fourth-order valence-corrected chi connectivity index (χ4v) is 2.45. The first-order valence-corrected chi connectivity index (χ1v) is 8.06. The number of carbonyl (C=O) groups excluding carboxylic acids is 4. The smallest absolute Gasteiger partial charge is 0.309 e. The summed E-state index contributed by atoms with van der Waals surface area (Å²) in [5.74, 6) is -3.30. The van der Waals surface area contributed by atoms with E-state index in [9.17, 15) is 19.2 Å². The summed E-state index contributed by atoms with van der Waals surface area (Å²) in [6.45, 7) is 0.439. The van der Waals surface area contributed by atoms with E-state index in [4.69, 9.17) is 14.2 Å². The van der Waals surface area contributed by atoms with Crippen LogP contribution in [0.3, 0.4) is 0 Å². The molecule has 0 amide bonds. The lowest BCUT2D eigenvalue weighted by Crippen LogP contribution is -2.18. The average Bonchev–Trinajstić information content (AvgIpc) is 3.51. The Morgan fingerprint density at radius 1 is 0.640 bits per heavy atom. The van der Waals surface area contributed by atoms with Crippen molar-refractivity contribution in [2.75, 3.05) is 40.6 Å². The second-order valence-electron chi connectivity index (χ2n) is 5.89. The van der Waals surface area contributed by atoms with Crippen LogP contribution >= 0.6 is 0 Å². The summed E-state index contributed by atoms with van der Waals surface area (Å²) in [4.78, 5) is 45.6. The highest BCUT2D eigenvalue weighted by atomic mass is 16.6. The third-order valence-electron chi connectivity index (χ3n) is 4.14. The van der Waals surface area contributed by atoms with Gasteiger partial charge in [-0.15, -0.1) is 0 Å². The molecule has 140 valence electrons. The Hall–Kier alpha value is -2.16. The largest absolute Gasteiger partial charge is 0.469 e. The summed E-state index contributed by atoms with van der Waals surface area (Å²) in [7, 11) is 2.56. The van der Waals surface area contributed by atoms with Crippen molar-refractivity contribution in [3.63, 3.8) is 0 Å². The zero-order valence-corrected chi connectivity index (χ0v) is 14.2. The maximum absolute atomic E-state index is 11.6. The van der Waals surface area contributed by atoms with Crippen LogP contribution in [-0.4, -0.2) is 64.5 Å². The van der Waals surface area contributed by atoms with Crippen LogP contribution in [0.2, 0.25) is 0 Å². The maximum Gasteiger partial charge on any atom is 0.309 e. The van der Waals surface area contributed by atoms with E-state index in [1.807, 2.05) is 0 Å². The van der Waals surface area contributed by atoms with Crippen molar-refractivity contribution in [2.45, 2.75) is 12.8 Å². The summed E-state index contributed by atoms with van der Waals surface area (Å²) < 4.78 is 24.3. The number of hydrogen-bond donors (Lipinski definition) is 0. The second kappa shape index (κ2) is 8.80. The summed E-state index contributed by atoms with van der Waals surface area (Å²) in [6.07, 6.45) is 0.909. The number of carbonyl (C=O) groups is 4. The van der Waals surface area contributed by atoms with Crippen LogP contribution in [0.4, 0.5) is 0 Å². The minimum atomic E-state index is -0.437. The molecule has 0 aliphatic heterocycles. The van der Waals surface area contributed by atoms with Gasteiger partial charge in [0.05, 0.1) is 51.1 Å². The summed E-state index contributed by atoms with van der Waals surface area (Å²) in [6, 6.07) is 0. The van der Waals surface area contributed by atoms with Crippen LogP contribution in [-0.2, 0) is 42.9 Å². The molecular weight excluding hydrogens is 336 g/mol. The highest BCUT2D eigenvalue weighted by Gasteiger charge is 2.50. The van der Waals surface area contributed by atoms with Gasteiger partial charge >= 0.3 is 23.9 Å². The number of ether oxygens (including phenoxy) is 5. The first-order chi connectivity index (χ1) is 12.0. The quantitative estimate of drug-likeness (QED) is 0.295. The van der Waals surface area contributed by atoms with E-state index >= 15 is 0 Å². The second-order valence-corrected chi connectivity index (χ2v) is 5.89. The molecule has 2 saturated carbocycles. The van der Waals surface area contributed by atoms with Gasteiger partial charge < -0.3 is 23.7 Å². The Balaban J connectivity index is 1.44. The van der Waals surface area contributed by atoms with Crippen molar-refractivity contribution in [3.8, 4) is 0 Å². The monoisotopic (exact) mass is 358 g/mol. The van der Waals surface area contributed by atoms with Gasteiger partial charge in [0.15, 0.2) is 0 Å². The SMILES string of the molecule is COC(=O)[C@H]1C[C@H]1C(=O)OCCOCCOC(=O)[C@H]1C[C@H]1C(=O)OC. The Morgan fingerprint density at radius 3 is 1.36 bits per heavy atom. The fourth-order valence-electron chi connectivity index (χ4n) is 2.45. The van der Waals surface area contributed by atoms with E-state index in [1.54, 1.807) is 0 Å². The Morgan fingerprint density at radius 2 is 1.00 bits per heavy atom. The van der Waals surface area contributed by atoms with Crippen molar-refractivity contribution in [2.24, 2.45) is 23.7 Å². The molecule has 0 saturated heterocycles. The van der Waals surface area contributed by atoms with E-state index in [-0.39, 0.29) is 26.4 Å². The van der Waals surface area contributed by atoms with Crippen molar-refractivity contribution in [3.05, 3.63) is 0 Å². The van der Waals surface area contributed by atoms with Crippen LogP contribution in [0.15, 0.2) is 0 Å². The molecule has 9 nitrogen and oxygen atoms in total. The standard InChI is InChI=1S/C16H22O9/c1-21-13(17)9-7-11(9)15(19)24-5-3-23-4-6-25-16(20)12-8-10(12)14(18)22-2/h9-12H,3-8H2,1-2H3/t9-,10+,11+,12-. The zero-order chi connectivity index (χ0) is 18.4. The Bertz CT molecular complexity index is 484. The van der Waals surface area contributed by atoms with E-state index < -0.39 is 47.5 Å². The molecule has 0 spiro atoms. The van der Waals surface area contributed by atoms with Crippen LogP contribution in [0.5, 0.6) is 0 Å². The van der Waals surface area contributed by atoms with Gasteiger partial charge in [0.2, 0.25) is 0 Å². The van der Waals surface area contributed by atoms with E-state index in [0.717, 1.165) is 0 Å². The van der Waals surface area contributed by atoms with Gasteiger partial charge in [-0.1, -0.05) is 0 Å². The van der Waals surface area contributed by atoms with E-state index in [2.05, 4.69) is 9.47 Å². The first kappa shape index (κ1) is 19.2. The maximum atomic E-state index is 11.6. The Labute approximate surface area is 144 Å². The fraction of sp³-hybridized carbons (Fsp3) is 0.750. The molecule has 2 fully saturated rings. The highest BCUT2D eigenvalue weighted by Crippen LogP contribution is 2.40. The van der Waals surface area contributed by atoms with Gasteiger partial charge in [-0.25, -0.2) is 0 Å². The number of hydrogen-bond acceptors (Lipinski definition) is 9. The summed E-state index contributed by atoms with van der Waals surface area (Å²) in [5, 5.41) is 0. The third-order valence-corrected chi connectivity index (χ3v) is 4.14. The minimum Gasteiger partial charge on any atom is -0.469 e. The van der Waals surface area contributed by atoms with Crippen molar-refractivity contribution in [1.82, 2.24) is 0 Å². The van der Waals surface area contributed by atoms with Crippen LogP contribution in [0.1, 0.15) is 12.8 Å². The molecule has 0 aromatic carbocycles. The van der Waals surface area contributed by atoms with Gasteiger partial charge in [-0.2, -0.15) is 0 Å². The van der Waals surface area contributed by atoms with Gasteiger partial charge in [0, 0.05) is 0 Å². The molecule has 2 aliphatic carbocycles. The molecule has 0 unspecified atom stereocenters. The summed E-state index contributed by atoms with van der Waals surface area (Å²) >= 11 is 0. The molecule has 2 rings (SSSR count). The number of methoxy groups -OCH3 is 2. The van der Waals surface area contributed by atoms with Gasteiger partial charge in [0.1, 0.15) is 13.2 Å². The molecule has 9 heteroatoms. The molecular formula is C16H22O9. The van der Waals surface area contributed by atoms with Crippen molar-refractivity contribution < 1.29 is 42.9 Å². The third kappa shape index (κ3) is 5.42. The topological polar surface area (TPSA) is 114 Å². The molecule has 0 aromatic heterocycles. The van der Waals surface area contributed by atoms with Crippen LogP contribution < -0.4 is 0 Å². The first-order valence-electron chi connectivity index (χ1n) is 8.06. The lowest BCUT2D eigenvalue weighted by Gasteiger charge is -2.07. The molecule has 0 radical (unpaired) electrons. The Kier molecular flexibility index (Phi) is 6.74. The average molecular weight is 358 g/mol. The van der Waals surface area contributed by atoms with E-state index in [0.29, 0.717) is 12.8 Å². The lowest BCUT2D eigenvalue weighted by atomic mass is 10.3. The van der Waals surface area contributed by atoms with Crippen molar-refractivity contribution in [1.29, 1.82) is 0 Å². The zero-order valence-electron chi connectivity index (χ0n) is 14.2. The number of rotatable bonds is 10. The van der Waals surface area contributed by atoms with Gasteiger partial charge in [-0.05, 0) is 12.8 Å². The van der Waals surface area contributed by atoms with Crippen LogP contribution in [0, 0.1) is 23.7 Å². The summed E-state index contributed by atoms with van der Waals surface area (Å²) in [5.41, 5.74) is 0. The molecule has 0 N–H and O–H groups in total. The van der Waals surface area contributed by atoms with Crippen molar-refractivity contribution >= 4 is 23.9 Å². The normalized spacial score (nSPS) is 26.3. The minimum absolute atomic E-state index is 0.0597. The molecule has 2 aliphatic rings. The molecule has 0 bridgehead atoms. The molecule has 4 atom stereocenters. The highest BCUT2D eigenvalue weighted by molar-refractivity contribution is 5.87. The van der Waals surface area contributed by atoms with E-state index in [1.165, 1.54) is 14.2 Å². The predicted octanol–water partition coefficient (Wildman–Crippen LogP) is -0.292. The number of esters is 4. The van der Waals surface area contributed by atoms with Crippen LogP contribution in [0.25, 0.3) is 0 Å². The predicted molar refractivity (Wildman–Crippen MR) is 80.0 cm³/mol. The molecule has 0 heterocycles. The van der Waals surface area contributed by atoms with Gasteiger partial charge in [-0.3, -0.25) is 19.2 Å².